The summed E-state index contributed by atoms with van der Waals surface area (Å²) in [5, 5.41) is 10.7. The van der Waals surface area contributed by atoms with Crippen LogP contribution in [0.5, 0.6) is 5.75 Å². The molecular weight excluding hydrogens is 254 g/mol. The van der Waals surface area contributed by atoms with Crippen LogP contribution >= 0.6 is 0 Å². The first-order chi connectivity index (χ1) is 8.41. The number of carbonyl (C=O) groups excluding carboxylic acids is 1. The molecule has 1 aliphatic rings. The van der Waals surface area contributed by atoms with E-state index < -0.39 is 21.0 Å². The van der Waals surface area contributed by atoms with Gasteiger partial charge in [0, 0.05) is 6.04 Å². The van der Waals surface area contributed by atoms with Crippen molar-refractivity contribution in [3.63, 3.8) is 0 Å². The molecule has 2 N–H and O–H groups in total. The molecule has 0 aromatic heterocycles. The second-order valence-electron chi connectivity index (χ2n) is 4.46. The number of rotatable bonds is 4. The van der Waals surface area contributed by atoms with Crippen LogP contribution in [-0.4, -0.2) is 30.7 Å². The normalized spacial score (nSPS) is 17.2. The maximum absolute atomic E-state index is 12.1. The van der Waals surface area contributed by atoms with Gasteiger partial charge in [-0.25, -0.2) is 8.42 Å². The molecule has 0 bridgehead atoms. The van der Waals surface area contributed by atoms with Gasteiger partial charge in [0.2, 0.25) is 5.91 Å². The van der Waals surface area contributed by atoms with Crippen LogP contribution in [0.2, 0.25) is 0 Å². The van der Waals surface area contributed by atoms with Gasteiger partial charge in [0.05, 0.1) is 4.90 Å². The predicted molar refractivity (Wildman–Crippen MR) is 65.9 cm³/mol. The Kier molecular flexibility index (Phi) is 3.30. The van der Waals surface area contributed by atoms with Gasteiger partial charge in [0.15, 0.2) is 9.84 Å². The van der Waals surface area contributed by atoms with Gasteiger partial charge in [0.1, 0.15) is 11.0 Å². The van der Waals surface area contributed by atoms with Crippen LogP contribution in [0.15, 0.2) is 29.2 Å². The van der Waals surface area contributed by atoms with E-state index in [-0.39, 0.29) is 16.7 Å². The Balaban J connectivity index is 2.18. The molecule has 18 heavy (non-hydrogen) atoms. The fourth-order valence-corrected chi connectivity index (χ4v) is 2.80. The number of hydrogen-bond donors (Lipinski definition) is 2. The van der Waals surface area contributed by atoms with Crippen LogP contribution in [0.1, 0.15) is 19.8 Å². The lowest BCUT2D eigenvalue weighted by Gasteiger charge is -2.13. The molecular formula is C12H15NO4S. The summed E-state index contributed by atoms with van der Waals surface area (Å²) in [7, 11) is -3.70. The first-order valence-corrected chi connectivity index (χ1v) is 7.29. The van der Waals surface area contributed by atoms with Gasteiger partial charge in [-0.1, -0.05) is 0 Å². The first kappa shape index (κ1) is 12.9. The maximum atomic E-state index is 12.1. The van der Waals surface area contributed by atoms with Crippen molar-refractivity contribution in [1.82, 2.24) is 5.32 Å². The second-order valence-corrected chi connectivity index (χ2v) is 6.73. The standard InChI is InChI=1S/C12H15NO4S/c1-8(12(15)13-9-2-3-9)18(16,17)11-6-4-10(14)5-7-11/h4-9,14H,2-3H2,1H3,(H,13,15)/t8-/m1/s1. The van der Waals surface area contributed by atoms with E-state index in [9.17, 15) is 13.2 Å². The van der Waals surface area contributed by atoms with E-state index in [0.29, 0.717) is 0 Å². The highest BCUT2D eigenvalue weighted by atomic mass is 32.2. The largest absolute Gasteiger partial charge is 0.508 e. The van der Waals surface area contributed by atoms with Gasteiger partial charge in [0.25, 0.3) is 0 Å². The SMILES string of the molecule is C[C@H](C(=O)NC1CC1)S(=O)(=O)c1ccc(O)cc1. The average Bonchev–Trinajstić information content (AvgIpc) is 3.12. The minimum atomic E-state index is -3.70. The number of carbonyl (C=O) groups is 1. The third-order valence-electron chi connectivity index (χ3n) is 2.92. The lowest BCUT2D eigenvalue weighted by atomic mass is 10.3. The number of nitrogens with one attached hydrogen (secondary N) is 1. The molecule has 0 spiro atoms. The van der Waals surface area contributed by atoms with Crippen LogP contribution in [0.25, 0.3) is 0 Å². The van der Waals surface area contributed by atoms with Crippen LogP contribution in [0, 0.1) is 0 Å². The number of phenols is 1. The summed E-state index contributed by atoms with van der Waals surface area (Å²) in [4.78, 5) is 11.8. The molecule has 1 amide bonds. The molecule has 0 unspecified atom stereocenters. The number of sulfone groups is 1. The Hall–Kier alpha value is -1.56. The summed E-state index contributed by atoms with van der Waals surface area (Å²) in [5.74, 6) is -0.477. The molecule has 98 valence electrons. The highest BCUT2D eigenvalue weighted by molar-refractivity contribution is 7.92. The van der Waals surface area contributed by atoms with E-state index in [2.05, 4.69) is 5.32 Å². The number of aromatic hydroxyl groups is 1. The van der Waals surface area contributed by atoms with Crippen molar-refractivity contribution in [2.24, 2.45) is 0 Å². The smallest absolute Gasteiger partial charge is 0.238 e. The van der Waals surface area contributed by atoms with E-state index >= 15 is 0 Å². The number of amides is 1. The molecule has 0 radical (unpaired) electrons. The monoisotopic (exact) mass is 269 g/mol. The third-order valence-corrected chi connectivity index (χ3v) is 5.00. The summed E-state index contributed by atoms with van der Waals surface area (Å²) in [5.41, 5.74) is 0. The molecule has 1 aliphatic carbocycles. The van der Waals surface area contributed by atoms with E-state index in [0.717, 1.165) is 12.8 Å². The fraction of sp³-hybridized carbons (Fsp3) is 0.417. The molecule has 6 heteroatoms. The summed E-state index contributed by atoms with van der Waals surface area (Å²) in [6.45, 7) is 1.37. The van der Waals surface area contributed by atoms with E-state index in [1.807, 2.05) is 0 Å². The lowest BCUT2D eigenvalue weighted by molar-refractivity contribution is -0.120. The van der Waals surface area contributed by atoms with Gasteiger partial charge in [-0.2, -0.15) is 0 Å². The zero-order valence-corrected chi connectivity index (χ0v) is 10.8. The third kappa shape index (κ3) is 2.64. The summed E-state index contributed by atoms with van der Waals surface area (Å²) in [6.07, 6.45) is 1.83. The van der Waals surface area contributed by atoms with Crippen molar-refractivity contribution < 1.29 is 18.3 Å². The molecule has 1 fully saturated rings. The molecule has 0 heterocycles. The Bertz CT molecular complexity index is 546. The van der Waals surface area contributed by atoms with Crippen molar-refractivity contribution in [3.05, 3.63) is 24.3 Å². The lowest BCUT2D eigenvalue weighted by Crippen LogP contribution is -2.38. The van der Waals surface area contributed by atoms with Gasteiger partial charge in [-0.3, -0.25) is 4.79 Å². The van der Waals surface area contributed by atoms with Crippen molar-refractivity contribution in [3.8, 4) is 5.75 Å². The average molecular weight is 269 g/mol. The summed E-state index contributed by atoms with van der Waals surface area (Å²) < 4.78 is 24.3. The number of phenolic OH excluding ortho intramolecular Hbond substituents is 1. The van der Waals surface area contributed by atoms with Gasteiger partial charge >= 0.3 is 0 Å². The highest BCUT2D eigenvalue weighted by Gasteiger charge is 2.33. The Morgan fingerprint density at radius 1 is 1.33 bits per heavy atom. The minimum absolute atomic E-state index is 0.0102. The van der Waals surface area contributed by atoms with Crippen LogP contribution in [0.4, 0.5) is 0 Å². The van der Waals surface area contributed by atoms with Gasteiger partial charge < -0.3 is 10.4 Å². The molecule has 5 nitrogen and oxygen atoms in total. The molecule has 1 aromatic carbocycles. The minimum Gasteiger partial charge on any atom is -0.508 e. The quantitative estimate of drug-likeness (QED) is 0.848. The van der Waals surface area contributed by atoms with Crippen LogP contribution in [0.3, 0.4) is 0 Å². The Morgan fingerprint density at radius 3 is 2.39 bits per heavy atom. The Labute approximate surface area is 106 Å². The van der Waals surface area contributed by atoms with E-state index in [1.165, 1.54) is 31.2 Å². The van der Waals surface area contributed by atoms with Crippen LogP contribution < -0.4 is 5.32 Å². The highest BCUT2D eigenvalue weighted by Crippen LogP contribution is 2.22. The van der Waals surface area contributed by atoms with Crippen molar-refractivity contribution >= 4 is 15.7 Å². The van der Waals surface area contributed by atoms with Crippen LogP contribution in [-0.2, 0) is 14.6 Å². The van der Waals surface area contributed by atoms with Gasteiger partial charge in [-0.15, -0.1) is 0 Å². The predicted octanol–water partition coefficient (Wildman–Crippen LogP) is 0.833. The molecule has 1 atom stereocenters. The zero-order chi connectivity index (χ0) is 13.3. The van der Waals surface area contributed by atoms with E-state index in [4.69, 9.17) is 5.11 Å². The maximum Gasteiger partial charge on any atom is 0.238 e. The van der Waals surface area contributed by atoms with Gasteiger partial charge in [-0.05, 0) is 44.0 Å². The van der Waals surface area contributed by atoms with Crippen molar-refractivity contribution in [1.29, 1.82) is 0 Å². The summed E-state index contributed by atoms with van der Waals surface area (Å²) >= 11 is 0. The number of benzene rings is 1. The van der Waals surface area contributed by atoms with Crippen molar-refractivity contribution in [2.45, 2.75) is 36.0 Å². The summed E-state index contributed by atoms with van der Waals surface area (Å²) in [6, 6.07) is 5.31. The molecule has 0 aliphatic heterocycles. The van der Waals surface area contributed by atoms with E-state index in [1.54, 1.807) is 0 Å². The molecule has 2 rings (SSSR count). The number of hydrogen-bond acceptors (Lipinski definition) is 4. The fourth-order valence-electron chi connectivity index (χ4n) is 1.53. The second kappa shape index (κ2) is 4.61. The molecule has 1 aromatic rings. The first-order valence-electron chi connectivity index (χ1n) is 5.74. The molecule has 0 saturated heterocycles. The topological polar surface area (TPSA) is 83.5 Å². The Morgan fingerprint density at radius 2 is 1.89 bits per heavy atom. The molecule has 1 saturated carbocycles. The van der Waals surface area contributed by atoms with Crippen molar-refractivity contribution in [2.75, 3.05) is 0 Å². The zero-order valence-electron chi connectivity index (χ0n) is 9.96.